The van der Waals surface area contributed by atoms with Crippen molar-refractivity contribution in [3.05, 3.63) is 35.9 Å². The van der Waals surface area contributed by atoms with Crippen LogP contribution in [0.25, 0.3) is 0 Å². The second kappa shape index (κ2) is 7.17. The van der Waals surface area contributed by atoms with E-state index in [2.05, 4.69) is 0 Å². The second-order valence-electron chi connectivity index (χ2n) is 4.86. The third-order valence-electron chi connectivity index (χ3n) is 3.49. The van der Waals surface area contributed by atoms with Gasteiger partial charge in [-0.3, -0.25) is 4.79 Å². The molecule has 0 bridgehead atoms. The molecule has 2 atom stereocenters. The largest absolute Gasteiger partial charge is 0.385 e. The van der Waals surface area contributed by atoms with E-state index >= 15 is 0 Å². The molecular formula is C15H19NO4. The van der Waals surface area contributed by atoms with Gasteiger partial charge in [0.25, 0.3) is 0 Å². The quantitative estimate of drug-likeness (QED) is 0.784. The summed E-state index contributed by atoms with van der Waals surface area (Å²) >= 11 is 0. The van der Waals surface area contributed by atoms with Gasteiger partial charge in [0.05, 0.1) is 19.1 Å². The zero-order valence-electron chi connectivity index (χ0n) is 11.3. The maximum atomic E-state index is 12.5. The number of carbonyl (C=O) groups is 2. The zero-order valence-corrected chi connectivity index (χ0v) is 11.3. The Hall–Kier alpha value is -1.72. The van der Waals surface area contributed by atoms with E-state index in [4.69, 9.17) is 4.74 Å². The highest BCUT2D eigenvalue weighted by molar-refractivity contribution is 5.83. The lowest BCUT2D eigenvalue weighted by Crippen LogP contribution is -2.47. The normalized spacial score (nSPS) is 18.4. The summed E-state index contributed by atoms with van der Waals surface area (Å²) in [6, 6.07) is 9.41. The van der Waals surface area contributed by atoms with Crippen molar-refractivity contribution in [3.8, 4) is 0 Å². The van der Waals surface area contributed by atoms with Gasteiger partial charge in [-0.05, 0) is 12.0 Å². The Kier molecular flexibility index (Phi) is 5.26. The first-order valence-corrected chi connectivity index (χ1v) is 6.76. The first-order valence-electron chi connectivity index (χ1n) is 6.76. The number of nitrogens with zero attached hydrogens (tertiary/aromatic N) is 1. The molecule has 0 aliphatic carbocycles. The van der Waals surface area contributed by atoms with Gasteiger partial charge in [0.15, 0.2) is 0 Å². The number of ether oxygens (including phenoxy) is 1. The molecule has 108 valence electrons. The topological polar surface area (TPSA) is 66.8 Å². The summed E-state index contributed by atoms with van der Waals surface area (Å²) in [5.41, 5.74) is 0.931. The molecule has 0 saturated carbocycles. The summed E-state index contributed by atoms with van der Waals surface area (Å²) in [4.78, 5) is 25.0. The predicted octanol–water partition coefficient (Wildman–Crippen LogP) is 0.264. The van der Waals surface area contributed by atoms with Gasteiger partial charge in [0, 0.05) is 13.1 Å². The molecule has 1 fully saturated rings. The highest BCUT2D eigenvalue weighted by Gasteiger charge is 2.31. The average Bonchev–Trinajstić information content (AvgIpc) is 2.53. The lowest BCUT2D eigenvalue weighted by molar-refractivity contribution is -0.145. The van der Waals surface area contributed by atoms with E-state index in [1.807, 2.05) is 30.3 Å². The third-order valence-corrected chi connectivity index (χ3v) is 3.49. The van der Waals surface area contributed by atoms with Gasteiger partial charge >= 0.3 is 0 Å². The fourth-order valence-electron chi connectivity index (χ4n) is 2.34. The lowest BCUT2D eigenvalue weighted by Gasteiger charge is -2.31. The number of aldehydes is 1. The molecule has 5 heteroatoms. The SMILES string of the molecule is O=C[C@@H](O)[C@@H](Cc1ccccc1)C(=O)N1CCOCC1. The van der Waals surface area contributed by atoms with E-state index in [0.29, 0.717) is 39.0 Å². The zero-order chi connectivity index (χ0) is 14.4. The van der Waals surface area contributed by atoms with Crippen molar-refractivity contribution < 1.29 is 19.4 Å². The van der Waals surface area contributed by atoms with Crippen molar-refractivity contribution in [2.75, 3.05) is 26.3 Å². The van der Waals surface area contributed by atoms with Crippen LogP contribution in [0.5, 0.6) is 0 Å². The van der Waals surface area contributed by atoms with Crippen LogP contribution in [0.4, 0.5) is 0 Å². The van der Waals surface area contributed by atoms with Crippen molar-refractivity contribution in [3.63, 3.8) is 0 Å². The molecule has 1 aromatic rings. The summed E-state index contributed by atoms with van der Waals surface area (Å²) in [5.74, 6) is -0.912. The number of amides is 1. The monoisotopic (exact) mass is 277 g/mol. The van der Waals surface area contributed by atoms with Gasteiger partial charge in [0.1, 0.15) is 12.4 Å². The van der Waals surface area contributed by atoms with Crippen LogP contribution in [0.1, 0.15) is 5.56 Å². The molecule has 0 aromatic heterocycles. The van der Waals surface area contributed by atoms with Crippen LogP contribution in [-0.2, 0) is 20.7 Å². The Morgan fingerprint density at radius 3 is 2.55 bits per heavy atom. The Morgan fingerprint density at radius 1 is 1.30 bits per heavy atom. The summed E-state index contributed by atoms with van der Waals surface area (Å²) < 4.78 is 5.21. The van der Waals surface area contributed by atoms with E-state index in [0.717, 1.165) is 5.56 Å². The van der Waals surface area contributed by atoms with Crippen molar-refractivity contribution >= 4 is 12.2 Å². The van der Waals surface area contributed by atoms with Gasteiger partial charge < -0.3 is 19.5 Å². The number of benzene rings is 1. The minimum absolute atomic E-state index is 0.184. The first-order chi connectivity index (χ1) is 9.72. The summed E-state index contributed by atoms with van der Waals surface area (Å²) in [6.45, 7) is 2.02. The number of hydrogen-bond donors (Lipinski definition) is 1. The summed E-state index contributed by atoms with van der Waals surface area (Å²) in [6.07, 6.45) is -0.478. The minimum atomic E-state index is -1.27. The van der Waals surface area contributed by atoms with Crippen molar-refractivity contribution in [1.82, 2.24) is 4.90 Å². The molecule has 1 heterocycles. The minimum Gasteiger partial charge on any atom is -0.385 e. The molecule has 1 saturated heterocycles. The Labute approximate surface area is 118 Å². The van der Waals surface area contributed by atoms with Gasteiger partial charge in [-0.1, -0.05) is 30.3 Å². The van der Waals surface area contributed by atoms with Crippen LogP contribution in [0.15, 0.2) is 30.3 Å². The van der Waals surface area contributed by atoms with E-state index in [9.17, 15) is 14.7 Å². The van der Waals surface area contributed by atoms with E-state index in [-0.39, 0.29) is 5.91 Å². The maximum absolute atomic E-state index is 12.5. The van der Waals surface area contributed by atoms with Crippen LogP contribution in [-0.4, -0.2) is 54.6 Å². The summed E-state index contributed by atoms with van der Waals surface area (Å²) in [5, 5.41) is 9.83. The highest BCUT2D eigenvalue weighted by Crippen LogP contribution is 2.16. The van der Waals surface area contributed by atoms with Crippen molar-refractivity contribution in [2.24, 2.45) is 5.92 Å². The Bertz CT molecular complexity index is 442. The van der Waals surface area contributed by atoms with Crippen LogP contribution in [0.2, 0.25) is 0 Å². The molecule has 0 radical (unpaired) electrons. The fraction of sp³-hybridized carbons (Fsp3) is 0.467. The second-order valence-corrected chi connectivity index (χ2v) is 4.86. The molecule has 5 nitrogen and oxygen atoms in total. The maximum Gasteiger partial charge on any atom is 0.229 e. The number of hydrogen-bond acceptors (Lipinski definition) is 4. The molecule has 1 amide bonds. The van der Waals surface area contributed by atoms with Crippen LogP contribution in [0, 0.1) is 5.92 Å². The van der Waals surface area contributed by atoms with Crippen molar-refractivity contribution in [2.45, 2.75) is 12.5 Å². The summed E-state index contributed by atoms with van der Waals surface area (Å²) in [7, 11) is 0. The van der Waals surface area contributed by atoms with E-state index < -0.39 is 12.0 Å². The standard InChI is InChI=1S/C15H19NO4/c17-11-14(18)13(10-12-4-2-1-3-5-12)15(19)16-6-8-20-9-7-16/h1-5,11,13-14,18H,6-10H2/t13-,14-/m1/s1. The van der Waals surface area contributed by atoms with Crippen molar-refractivity contribution in [1.29, 1.82) is 0 Å². The molecule has 1 aliphatic rings. The Balaban J connectivity index is 2.10. The molecule has 20 heavy (non-hydrogen) atoms. The van der Waals surface area contributed by atoms with Gasteiger partial charge in [0.2, 0.25) is 5.91 Å². The van der Waals surface area contributed by atoms with Crippen LogP contribution in [0.3, 0.4) is 0 Å². The number of aliphatic hydroxyl groups excluding tert-OH is 1. The highest BCUT2D eigenvalue weighted by atomic mass is 16.5. The number of rotatable bonds is 5. The van der Waals surface area contributed by atoms with Gasteiger partial charge in [-0.25, -0.2) is 0 Å². The predicted molar refractivity (Wildman–Crippen MR) is 73.1 cm³/mol. The smallest absolute Gasteiger partial charge is 0.229 e. The number of aliphatic hydroxyl groups is 1. The molecule has 0 unspecified atom stereocenters. The van der Waals surface area contributed by atoms with Crippen LogP contribution < -0.4 is 0 Å². The van der Waals surface area contributed by atoms with E-state index in [1.165, 1.54) is 0 Å². The molecule has 1 aromatic carbocycles. The average molecular weight is 277 g/mol. The van der Waals surface area contributed by atoms with Gasteiger partial charge in [-0.15, -0.1) is 0 Å². The lowest BCUT2D eigenvalue weighted by atomic mass is 9.93. The molecule has 0 spiro atoms. The molecule has 2 rings (SSSR count). The first kappa shape index (κ1) is 14.7. The number of carbonyl (C=O) groups excluding carboxylic acids is 2. The van der Waals surface area contributed by atoms with E-state index in [1.54, 1.807) is 4.90 Å². The number of morpholine rings is 1. The third kappa shape index (κ3) is 3.65. The van der Waals surface area contributed by atoms with Gasteiger partial charge in [-0.2, -0.15) is 0 Å². The fourth-order valence-corrected chi connectivity index (χ4v) is 2.34. The Morgan fingerprint density at radius 2 is 1.95 bits per heavy atom. The van der Waals surface area contributed by atoms with Crippen LogP contribution >= 0.6 is 0 Å². The molecule has 1 aliphatic heterocycles. The molecular weight excluding hydrogens is 258 g/mol. The molecule has 1 N–H and O–H groups in total.